The van der Waals surface area contributed by atoms with E-state index in [0.717, 1.165) is 12.1 Å². The number of nitrogens with one attached hydrogen (secondary N) is 2. The van der Waals surface area contributed by atoms with Gasteiger partial charge in [0.05, 0.1) is 0 Å². The zero-order chi connectivity index (χ0) is 27.4. The van der Waals surface area contributed by atoms with E-state index in [1.54, 1.807) is 12.1 Å². The van der Waals surface area contributed by atoms with Crippen molar-refractivity contribution in [3.05, 3.63) is 96.1 Å². The number of carbonyl (C=O) groups is 3. The minimum Gasteiger partial charge on any atom is -0.505 e. The lowest BCUT2D eigenvalue weighted by molar-refractivity contribution is -0.139. The van der Waals surface area contributed by atoms with Crippen LogP contribution in [0.3, 0.4) is 0 Å². The molecule has 0 radical (unpaired) electrons. The van der Waals surface area contributed by atoms with Crippen LogP contribution in [0.25, 0.3) is 22.3 Å². The van der Waals surface area contributed by atoms with Crippen LogP contribution in [0.4, 0.5) is 8.78 Å². The van der Waals surface area contributed by atoms with Crippen LogP contribution in [-0.4, -0.2) is 49.2 Å². The van der Waals surface area contributed by atoms with E-state index < -0.39 is 58.5 Å². The predicted octanol–water partition coefficient (Wildman–Crippen LogP) is 3.07. The lowest BCUT2D eigenvalue weighted by Gasteiger charge is -2.17. The Kier molecular flexibility index (Phi) is 7.24. The third-order valence-electron chi connectivity index (χ3n) is 5.28. The fraction of sp³-hybridized carbons (Fsp3) is 0.0385. The van der Waals surface area contributed by atoms with Crippen LogP contribution < -0.4 is 10.6 Å². The van der Waals surface area contributed by atoms with Crippen molar-refractivity contribution < 1.29 is 38.5 Å². The number of nitrogens with zero attached hydrogens (tertiary/aromatic N) is 2. The van der Waals surface area contributed by atoms with Gasteiger partial charge in [-0.3, -0.25) is 9.59 Å². The maximum atomic E-state index is 13.5. The summed E-state index contributed by atoms with van der Waals surface area (Å²) < 4.78 is 26.9. The highest BCUT2D eigenvalue weighted by Gasteiger charge is 2.27. The molecule has 0 fully saturated rings. The molecule has 12 heteroatoms. The Hall–Kier alpha value is -5.39. The molecule has 38 heavy (non-hydrogen) atoms. The SMILES string of the molecule is O=C(NC(NC(=O)c1ncc(-c2cccc(F)c2)cc1O)C(=O)O)c1ncc(-c2cccc(F)c2)cc1O. The summed E-state index contributed by atoms with van der Waals surface area (Å²) in [6, 6.07) is 13.2. The van der Waals surface area contributed by atoms with Crippen molar-refractivity contribution in [2.24, 2.45) is 0 Å². The number of carboxylic acid groups (broad SMARTS) is 1. The van der Waals surface area contributed by atoms with Crippen LogP contribution in [-0.2, 0) is 4.79 Å². The number of aromatic hydroxyl groups is 2. The summed E-state index contributed by atoms with van der Waals surface area (Å²) >= 11 is 0. The average molecular weight is 520 g/mol. The Balaban J connectivity index is 1.49. The summed E-state index contributed by atoms with van der Waals surface area (Å²) in [6.07, 6.45) is 0.364. The molecule has 2 aromatic carbocycles. The number of pyridine rings is 2. The second kappa shape index (κ2) is 10.7. The minimum atomic E-state index is -2.00. The highest BCUT2D eigenvalue weighted by Crippen LogP contribution is 2.26. The number of hydrogen-bond acceptors (Lipinski definition) is 7. The van der Waals surface area contributed by atoms with Gasteiger partial charge in [-0.05, 0) is 47.5 Å². The maximum Gasteiger partial charge on any atom is 0.347 e. The van der Waals surface area contributed by atoms with Gasteiger partial charge < -0.3 is 26.0 Å². The van der Waals surface area contributed by atoms with E-state index >= 15 is 0 Å². The molecule has 192 valence electrons. The molecule has 4 aromatic rings. The monoisotopic (exact) mass is 520 g/mol. The second-order valence-corrected chi connectivity index (χ2v) is 7.92. The van der Waals surface area contributed by atoms with Crippen molar-refractivity contribution in [3.8, 4) is 33.8 Å². The zero-order valence-corrected chi connectivity index (χ0v) is 19.2. The van der Waals surface area contributed by atoms with Gasteiger partial charge in [0.15, 0.2) is 11.4 Å². The van der Waals surface area contributed by atoms with Crippen LogP contribution in [0.15, 0.2) is 73.1 Å². The van der Waals surface area contributed by atoms with E-state index in [0.29, 0.717) is 22.3 Å². The quantitative estimate of drug-likeness (QED) is 0.232. The number of benzene rings is 2. The van der Waals surface area contributed by atoms with E-state index in [1.165, 1.54) is 48.8 Å². The molecule has 2 heterocycles. The van der Waals surface area contributed by atoms with Gasteiger partial charge in [0.2, 0.25) is 6.17 Å². The molecule has 0 aliphatic rings. The Morgan fingerprint density at radius 2 is 1.11 bits per heavy atom. The van der Waals surface area contributed by atoms with Gasteiger partial charge in [0.25, 0.3) is 11.8 Å². The summed E-state index contributed by atoms with van der Waals surface area (Å²) in [4.78, 5) is 44.5. The molecule has 2 aromatic heterocycles. The zero-order valence-electron chi connectivity index (χ0n) is 19.2. The molecular formula is C26H18F2N4O6. The van der Waals surface area contributed by atoms with Gasteiger partial charge in [0, 0.05) is 23.5 Å². The normalized spacial score (nSPS) is 10.7. The number of hydrogen-bond donors (Lipinski definition) is 5. The van der Waals surface area contributed by atoms with Crippen LogP contribution in [0.1, 0.15) is 21.0 Å². The number of rotatable bonds is 7. The van der Waals surface area contributed by atoms with Crippen molar-refractivity contribution >= 4 is 17.8 Å². The molecule has 2 amide bonds. The van der Waals surface area contributed by atoms with Crippen molar-refractivity contribution in [1.29, 1.82) is 0 Å². The molecule has 0 aliphatic carbocycles. The van der Waals surface area contributed by atoms with Gasteiger partial charge >= 0.3 is 5.97 Å². The van der Waals surface area contributed by atoms with Gasteiger partial charge in [0.1, 0.15) is 23.1 Å². The molecule has 0 saturated heterocycles. The molecule has 0 bridgehead atoms. The second-order valence-electron chi connectivity index (χ2n) is 7.92. The van der Waals surface area contributed by atoms with Gasteiger partial charge in [-0.25, -0.2) is 23.5 Å². The highest BCUT2D eigenvalue weighted by molar-refractivity contribution is 6.01. The lowest BCUT2D eigenvalue weighted by atomic mass is 10.1. The minimum absolute atomic E-state index is 0.296. The number of halogens is 2. The third kappa shape index (κ3) is 5.70. The highest BCUT2D eigenvalue weighted by atomic mass is 19.1. The number of carboxylic acids is 1. The van der Waals surface area contributed by atoms with Crippen LogP contribution in [0, 0.1) is 11.6 Å². The van der Waals surface area contributed by atoms with Gasteiger partial charge in [-0.2, -0.15) is 0 Å². The summed E-state index contributed by atoms with van der Waals surface area (Å²) in [5.74, 6) is -6.22. The van der Waals surface area contributed by atoms with Crippen molar-refractivity contribution in [2.45, 2.75) is 6.17 Å². The molecule has 0 unspecified atom stereocenters. The molecule has 0 aliphatic heterocycles. The Morgan fingerprint density at radius 3 is 1.45 bits per heavy atom. The third-order valence-corrected chi connectivity index (χ3v) is 5.28. The largest absolute Gasteiger partial charge is 0.505 e. The molecule has 0 saturated carbocycles. The summed E-state index contributed by atoms with van der Waals surface area (Å²) in [7, 11) is 0. The number of carbonyl (C=O) groups excluding carboxylic acids is 2. The first-order valence-electron chi connectivity index (χ1n) is 10.9. The Labute approximate surface area is 213 Å². The smallest absolute Gasteiger partial charge is 0.347 e. The molecule has 0 atom stereocenters. The first kappa shape index (κ1) is 25.7. The van der Waals surface area contributed by atoms with Crippen molar-refractivity contribution in [2.75, 3.05) is 0 Å². The van der Waals surface area contributed by atoms with Crippen LogP contribution in [0.5, 0.6) is 11.5 Å². The molecule has 5 N–H and O–H groups in total. The average Bonchev–Trinajstić information content (AvgIpc) is 2.88. The molecule has 0 spiro atoms. The summed E-state index contributed by atoms with van der Waals surface area (Å²) in [6.45, 7) is 0. The van der Waals surface area contributed by atoms with E-state index in [-0.39, 0.29) is 0 Å². The molecular weight excluding hydrogens is 502 g/mol. The number of amides is 2. The lowest BCUT2D eigenvalue weighted by Crippen LogP contribution is -2.53. The van der Waals surface area contributed by atoms with Crippen molar-refractivity contribution in [1.82, 2.24) is 20.6 Å². The predicted molar refractivity (Wildman–Crippen MR) is 129 cm³/mol. The standard InChI is InChI=1S/C26H18F2N4O6/c27-17-5-1-3-13(7-17)15-9-19(33)21(29-11-15)24(35)31-23(26(37)38)32-25(36)22-20(34)10-16(12-30-22)14-4-2-6-18(28)8-14/h1-12,23,33-34H,(H,31,35)(H,32,36)(H,37,38). The summed E-state index contributed by atoms with van der Waals surface area (Å²) in [5, 5.41) is 34.0. The van der Waals surface area contributed by atoms with Crippen LogP contribution in [0.2, 0.25) is 0 Å². The number of aromatic nitrogens is 2. The van der Waals surface area contributed by atoms with E-state index in [2.05, 4.69) is 9.97 Å². The number of aliphatic carboxylic acids is 1. The fourth-order valence-electron chi connectivity index (χ4n) is 3.47. The maximum absolute atomic E-state index is 13.5. The topological polar surface area (TPSA) is 162 Å². The molecule has 4 rings (SSSR count). The Bertz CT molecular complexity index is 1450. The summed E-state index contributed by atoms with van der Waals surface area (Å²) in [5.41, 5.74) is 0.254. The van der Waals surface area contributed by atoms with Crippen LogP contribution >= 0.6 is 0 Å². The Morgan fingerprint density at radius 1 is 0.684 bits per heavy atom. The van der Waals surface area contributed by atoms with E-state index in [4.69, 9.17) is 0 Å². The van der Waals surface area contributed by atoms with E-state index in [9.17, 15) is 38.5 Å². The fourth-order valence-corrected chi connectivity index (χ4v) is 3.47. The van der Waals surface area contributed by atoms with Gasteiger partial charge in [-0.1, -0.05) is 24.3 Å². The van der Waals surface area contributed by atoms with Crippen molar-refractivity contribution in [3.63, 3.8) is 0 Å². The molecule has 10 nitrogen and oxygen atoms in total. The van der Waals surface area contributed by atoms with E-state index in [1.807, 2.05) is 10.6 Å². The first-order valence-corrected chi connectivity index (χ1v) is 10.9. The van der Waals surface area contributed by atoms with Gasteiger partial charge in [-0.15, -0.1) is 0 Å². The first-order chi connectivity index (χ1) is 18.1.